The van der Waals surface area contributed by atoms with E-state index in [2.05, 4.69) is 51.3 Å². The Morgan fingerprint density at radius 2 is 2.00 bits per heavy atom. The summed E-state index contributed by atoms with van der Waals surface area (Å²) in [5.41, 5.74) is 4.13. The molecule has 1 amide bonds. The van der Waals surface area contributed by atoms with E-state index in [1.54, 1.807) is 18.5 Å². The van der Waals surface area contributed by atoms with Crippen molar-refractivity contribution < 1.29 is 13.9 Å². The topological polar surface area (TPSA) is 70.8 Å². The zero-order valence-electron chi connectivity index (χ0n) is 18.3. The monoisotopic (exact) mass is 432 g/mol. The summed E-state index contributed by atoms with van der Waals surface area (Å²) in [7, 11) is 0. The van der Waals surface area contributed by atoms with Crippen LogP contribution in [-0.4, -0.2) is 43.2 Å². The van der Waals surface area contributed by atoms with E-state index in [1.807, 2.05) is 12.1 Å². The van der Waals surface area contributed by atoms with Crippen LogP contribution in [0.4, 0.5) is 11.5 Å². The molecule has 0 radical (unpaired) electrons. The molecule has 1 fully saturated rings. The largest absolute Gasteiger partial charge is 0.467 e. The lowest BCUT2D eigenvalue weighted by Gasteiger charge is -2.29. The highest BCUT2D eigenvalue weighted by Gasteiger charge is 2.28. The molecule has 4 heterocycles. The second-order valence-electron chi connectivity index (χ2n) is 8.34. The molecule has 0 spiro atoms. The Morgan fingerprint density at radius 3 is 2.88 bits per heavy atom. The number of hydrogen-bond donors (Lipinski definition) is 1. The van der Waals surface area contributed by atoms with Crippen molar-refractivity contribution in [1.82, 2.24) is 10.3 Å². The van der Waals surface area contributed by atoms with Crippen LogP contribution in [0.15, 0.2) is 59.3 Å². The van der Waals surface area contributed by atoms with Crippen LogP contribution in [0.25, 0.3) is 0 Å². The van der Waals surface area contributed by atoms with Crippen molar-refractivity contribution in [3.8, 4) is 0 Å². The highest BCUT2D eigenvalue weighted by atomic mass is 16.5. The van der Waals surface area contributed by atoms with Crippen molar-refractivity contribution in [2.75, 3.05) is 36.1 Å². The van der Waals surface area contributed by atoms with Gasteiger partial charge in [0.1, 0.15) is 11.6 Å². The first-order valence-electron chi connectivity index (χ1n) is 11.2. The molecular weight excluding hydrogens is 404 g/mol. The Balaban J connectivity index is 1.28. The SMILES string of the molecule is CC1Cc2ccccc2N1Cc1occc1C(=O)NCc1cccnc1N1CCOCC1. The number of furan rings is 1. The van der Waals surface area contributed by atoms with Gasteiger partial charge < -0.3 is 24.3 Å². The third-order valence-corrected chi connectivity index (χ3v) is 6.27. The second-order valence-corrected chi connectivity index (χ2v) is 8.34. The number of nitrogens with one attached hydrogen (secondary N) is 1. The van der Waals surface area contributed by atoms with Crippen LogP contribution in [-0.2, 0) is 24.2 Å². The summed E-state index contributed by atoms with van der Waals surface area (Å²) in [6, 6.07) is 14.5. The van der Waals surface area contributed by atoms with Gasteiger partial charge in [0.2, 0.25) is 0 Å². The molecule has 166 valence electrons. The third kappa shape index (κ3) is 4.08. The predicted octanol–water partition coefficient (Wildman–Crippen LogP) is 3.39. The van der Waals surface area contributed by atoms with Gasteiger partial charge in [-0.15, -0.1) is 0 Å². The van der Waals surface area contributed by atoms with Gasteiger partial charge in [0.15, 0.2) is 0 Å². The van der Waals surface area contributed by atoms with Crippen molar-refractivity contribution in [3.63, 3.8) is 0 Å². The zero-order chi connectivity index (χ0) is 21.9. The van der Waals surface area contributed by atoms with Crippen LogP contribution < -0.4 is 15.1 Å². The first-order chi connectivity index (χ1) is 15.7. The Morgan fingerprint density at radius 1 is 1.16 bits per heavy atom. The van der Waals surface area contributed by atoms with E-state index in [1.165, 1.54) is 11.3 Å². The lowest BCUT2D eigenvalue weighted by molar-refractivity contribution is 0.0948. The van der Waals surface area contributed by atoms with Gasteiger partial charge in [0.25, 0.3) is 5.91 Å². The molecule has 7 nitrogen and oxygen atoms in total. The van der Waals surface area contributed by atoms with Gasteiger partial charge in [-0.1, -0.05) is 24.3 Å². The Kier molecular flexibility index (Phi) is 5.81. The Bertz CT molecular complexity index is 1090. The van der Waals surface area contributed by atoms with Gasteiger partial charge in [0.05, 0.1) is 31.6 Å². The maximum Gasteiger partial charge on any atom is 0.255 e. The second kappa shape index (κ2) is 9.04. The number of pyridine rings is 1. The van der Waals surface area contributed by atoms with Gasteiger partial charge in [-0.05, 0) is 37.1 Å². The number of benzene rings is 1. The van der Waals surface area contributed by atoms with E-state index >= 15 is 0 Å². The van der Waals surface area contributed by atoms with Crippen LogP contribution in [0.1, 0.15) is 34.2 Å². The van der Waals surface area contributed by atoms with E-state index in [0.717, 1.165) is 30.9 Å². The van der Waals surface area contributed by atoms with Crippen LogP contribution in [0, 0.1) is 0 Å². The molecule has 5 rings (SSSR count). The molecule has 3 aromatic rings. The number of aromatic nitrogens is 1. The fourth-order valence-corrected chi connectivity index (χ4v) is 4.59. The summed E-state index contributed by atoms with van der Waals surface area (Å²) in [4.78, 5) is 22.1. The molecule has 0 saturated carbocycles. The molecule has 2 aliphatic heterocycles. The number of fused-ring (bicyclic) bond motifs is 1. The van der Waals surface area contributed by atoms with Gasteiger partial charge >= 0.3 is 0 Å². The molecule has 0 aliphatic carbocycles. The summed E-state index contributed by atoms with van der Waals surface area (Å²) < 4.78 is 11.2. The van der Waals surface area contributed by atoms with Crippen LogP contribution in [0.5, 0.6) is 0 Å². The maximum absolute atomic E-state index is 13.0. The zero-order valence-corrected chi connectivity index (χ0v) is 18.3. The van der Waals surface area contributed by atoms with Crippen LogP contribution >= 0.6 is 0 Å². The summed E-state index contributed by atoms with van der Waals surface area (Å²) in [6.45, 7) is 6.18. The summed E-state index contributed by atoms with van der Waals surface area (Å²) in [5, 5.41) is 3.06. The number of para-hydroxylation sites is 1. The summed E-state index contributed by atoms with van der Waals surface area (Å²) >= 11 is 0. The van der Waals surface area contributed by atoms with Crippen molar-refractivity contribution >= 4 is 17.4 Å². The summed E-state index contributed by atoms with van der Waals surface area (Å²) in [5.74, 6) is 1.46. The normalized spacial score (nSPS) is 18.0. The lowest BCUT2D eigenvalue weighted by atomic mass is 10.1. The molecule has 1 aromatic carbocycles. The number of carbonyl (C=O) groups excluding carboxylic acids is 1. The molecule has 1 unspecified atom stereocenters. The molecular formula is C25H28N4O3. The number of anilines is 2. The minimum absolute atomic E-state index is 0.134. The molecule has 1 saturated heterocycles. The number of morpholine rings is 1. The van der Waals surface area contributed by atoms with Gasteiger partial charge in [-0.2, -0.15) is 0 Å². The number of rotatable bonds is 6. The average molecular weight is 433 g/mol. The minimum Gasteiger partial charge on any atom is -0.467 e. The highest BCUT2D eigenvalue weighted by molar-refractivity contribution is 5.95. The van der Waals surface area contributed by atoms with Crippen molar-refractivity contribution in [3.05, 3.63) is 77.4 Å². The van der Waals surface area contributed by atoms with E-state index in [-0.39, 0.29) is 5.91 Å². The average Bonchev–Trinajstić information content (AvgIpc) is 3.43. The minimum atomic E-state index is -0.134. The van der Waals surface area contributed by atoms with Gasteiger partial charge in [-0.3, -0.25) is 4.79 Å². The fraction of sp³-hybridized carbons (Fsp3) is 0.360. The van der Waals surface area contributed by atoms with Gasteiger partial charge in [0, 0.05) is 43.1 Å². The molecule has 32 heavy (non-hydrogen) atoms. The van der Waals surface area contributed by atoms with Crippen molar-refractivity contribution in [2.45, 2.75) is 32.5 Å². The Hall–Kier alpha value is -3.32. The first kappa shape index (κ1) is 20.6. The fourth-order valence-electron chi connectivity index (χ4n) is 4.59. The Labute approximate surface area is 188 Å². The van der Waals surface area contributed by atoms with Crippen LogP contribution in [0.3, 0.4) is 0 Å². The van der Waals surface area contributed by atoms with Crippen molar-refractivity contribution in [2.24, 2.45) is 0 Å². The molecule has 1 atom stereocenters. The molecule has 2 aliphatic rings. The maximum atomic E-state index is 13.0. The van der Waals surface area contributed by atoms with E-state index in [9.17, 15) is 4.79 Å². The predicted molar refractivity (Wildman–Crippen MR) is 123 cm³/mol. The van der Waals surface area contributed by atoms with E-state index in [4.69, 9.17) is 9.15 Å². The molecule has 2 aromatic heterocycles. The van der Waals surface area contributed by atoms with Gasteiger partial charge in [-0.25, -0.2) is 4.98 Å². The quantitative estimate of drug-likeness (QED) is 0.644. The molecule has 1 N–H and O–H groups in total. The molecule has 0 bridgehead atoms. The molecule has 7 heteroatoms. The number of nitrogens with zero attached hydrogens (tertiary/aromatic N) is 3. The lowest BCUT2D eigenvalue weighted by Crippen LogP contribution is -2.38. The first-order valence-corrected chi connectivity index (χ1v) is 11.2. The number of ether oxygens (including phenoxy) is 1. The third-order valence-electron chi connectivity index (χ3n) is 6.27. The van der Waals surface area contributed by atoms with E-state index < -0.39 is 0 Å². The smallest absolute Gasteiger partial charge is 0.255 e. The number of hydrogen-bond acceptors (Lipinski definition) is 6. The number of carbonyl (C=O) groups is 1. The van der Waals surface area contributed by atoms with Crippen LogP contribution in [0.2, 0.25) is 0 Å². The summed E-state index contributed by atoms with van der Waals surface area (Å²) in [6.07, 6.45) is 4.39. The van der Waals surface area contributed by atoms with E-state index in [0.29, 0.717) is 43.7 Å². The highest BCUT2D eigenvalue weighted by Crippen LogP contribution is 2.33. The van der Waals surface area contributed by atoms with Crippen molar-refractivity contribution in [1.29, 1.82) is 0 Å². The number of amides is 1. The standard InChI is InChI=1S/C25H28N4O3/c1-18-15-19-5-2-3-7-22(19)29(18)17-23-21(8-12-32-23)25(30)27-16-20-6-4-9-26-24(20)28-10-13-31-14-11-28/h2-9,12,18H,10-11,13-17H2,1H3,(H,27,30).